The Morgan fingerprint density at radius 2 is 2.14 bits per heavy atom. The topological polar surface area (TPSA) is 59.1 Å². The van der Waals surface area contributed by atoms with Crippen LogP contribution in [0.1, 0.15) is 18.5 Å². The van der Waals surface area contributed by atoms with Crippen molar-refractivity contribution < 1.29 is 5.11 Å². The quantitative estimate of drug-likeness (QED) is 0.719. The molecule has 1 aromatic heterocycles. The number of nitrogens with two attached hydrogens (primary N) is 1. The maximum atomic E-state index is 9.57. The minimum Gasteiger partial charge on any atom is -0.506 e. The number of phenolic OH excluding ortho intramolecular Hbond substituents is 1. The average molecular weight is 188 g/mol. The summed E-state index contributed by atoms with van der Waals surface area (Å²) in [6.07, 6.45) is 1.66. The molecule has 0 bridgehead atoms. The molecule has 2 rings (SSSR count). The normalized spacial score (nSPS) is 13.0. The predicted octanol–water partition coefficient (Wildman–Crippen LogP) is 1.96. The zero-order valence-corrected chi connectivity index (χ0v) is 7.94. The van der Waals surface area contributed by atoms with Crippen LogP contribution in [0.25, 0.3) is 10.9 Å². The number of aromatic hydroxyl groups is 1. The van der Waals surface area contributed by atoms with Gasteiger partial charge in [0.2, 0.25) is 0 Å². The van der Waals surface area contributed by atoms with E-state index < -0.39 is 0 Å². The van der Waals surface area contributed by atoms with Crippen molar-refractivity contribution in [3.05, 3.63) is 36.0 Å². The van der Waals surface area contributed by atoms with Crippen LogP contribution in [-0.2, 0) is 0 Å². The highest BCUT2D eigenvalue weighted by Crippen LogP contribution is 2.27. The Morgan fingerprint density at radius 1 is 1.36 bits per heavy atom. The molecule has 0 amide bonds. The molecule has 3 heteroatoms. The van der Waals surface area contributed by atoms with E-state index in [4.69, 9.17) is 5.73 Å². The molecule has 1 heterocycles. The summed E-state index contributed by atoms with van der Waals surface area (Å²) in [7, 11) is 0. The van der Waals surface area contributed by atoms with Crippen molar-refractivity contribution in [3.8, 4) is 5.75 Å². The predicted molar refractivity (Wildman–Crippen MR) is 56.0 cm³/mol. The third-order valence-corrected chi connectivity index (χ3v) is 2.27. The molecule has 0 aliphatic rings. The van der Waals surface area contributed by atoms with Gasteiger partial charge in [0, 0.05) is 17.6 Å². The zero-order chi connectivity index (χ0) is 10.1. The lowest BCUT2D eigenvalue weighted by Crippen LogP contribution is -2.05. The summed E-state index contributed by atoms with van der Waals surface area (Å²) in [5, 5.41) is 10.5. The Bertz CT molecular complexity index is 466. The van der Waals surface area contributed by atoms with Crippen molar-refractivity contribution in [2.24, 2.45) is 5.73 Å². The van der Waals surface area contributed by atoms with Gasteiger partial charge in [0.15, 0.2) is 0 Å². The SMILES string of the molecule is CC(N)c1ccc(O)c2ncccc12. The molecule has 1 unspecified atom stereocenters. The van der Waals surface area contributed by atoms with Gasteiger partial charge in [-0.1, -0.05) is 12.1 Å². The number of benzene rings is 1. The monoisotopic (exact) mass is 188 g/mol. The van der Waals surface area contributed by atoms with Gasteiger partial charge in [0.25, 0.3) is 0 Å². The van der Waals surface area contributed by atoms with Gasteiger partial charge in [0.05, 0.1) is 0 Å². The van der Waals surface area contributed by atoms with Crippen LogP contribution in [0, 0.1) is 0 Å². The Kier molecular flexibility index (Phi) is 2.09. The molecule has 0 saturated carbocycles. The summed E-state index contributed by atoms with van der Waals surface area (Å²) in [5.41, 5.74) is 7.44. The van der Waals surface area contributed by atoms with E-state index in [1.54, 1.807) is 12.3 Å². The fourth-order valence-corrected chi connectivity index (χ4v) is 1.58. The highest BCUT2D eigenvalue weighted by Gasteiger charge is 2.08. The third kappa shape index (κ3) is 1.32. The first kappa shape index (κ1) is 8.97. The second-order valence-corrected chi connectivity index (χ2v) is 3.36. The first-order valence-corrected chi connectivity index (χ1v) is 4.52. The lowest BCUT2D eigenvalue weighted by molar-refractivity contribution is 0.480. The fourth-order valence-electron chi connectivity index (χ4n) is 1.58. The number of nitrogens with zero attached hydrogens (tertiary/aromatic N) is 1. The first-order chi connectivity index (χ1) is 6.70. The Labute approximate surface area is 82.2 Å². The molecular weight excluding hydrogens is 176 g/mol. The number of phenols is 1. The summed E-state index contributed by atoms with van der Waals surface area (Å²) < 4.78 is 0. The second-order valence-electron chi connectivity index (χ2n) is 3.36. The third-order valence-electron chi connectivity index (χ3n) is 2.27. The molecule has 0 aliphatic heterocycles. The van der Waals surface area contributed by atoms with E-state index >= 15 is 0 Å². The number of hydrogen-bond acceptors (Lipinski definition) is 3. The number of fused-ring (bicyclic) bond motifs is 1. The number of rotatable bonds is 1. The smallest absolute Gasteiger partial charge is 0.141 e. The largest absolute Gasteiger partial charge is 0.506 e. The van der Waals surface area contributed by atoms with Crippen LogP contribution in [-0.4, -0.2) is 10.1 Å². The van der Waals surface area contributed by atoms with Crippen LogP contribution in [0.3, 0.4) is 0 Å². The van der Waals surface area contributed by atoms with Gasteiger partial charge in [-0.3, -0.25) is 4.98 Å². The van der Waals surface area contributed by atoms with E-state index in [0.29, 0.717) is 5.52 Å². The van der Waals surface area contributed by atoms with Crippen molar-refractivity contribution in [1.29, 1.82) is 0 Å². The highest BCUT2D eigenvalue weighted by atomic mass is 16.3. The minimum absolute atomic E-state index is 0.0534. The first-order valence-electron chi connectivity index (χ1n) is 4.52. The van der Waals surface area contributed by atoms with Gasteiger partial charge in [-0.05, 0) is 24.6 Å². The molecule has 0 saturated heterocycles. The van der Waals surface area contributed by atoms with Crippen molar-refractivity contribution in [2.75, 3.05) is 0 Å². The highest BCUT2D eigenvalue weighted by molar-refractivity contribution is 5.87. The molecule has 0 spiro atoms. The van der Waals surface area contributed by atoms with Gasteiger partial charge in [-0.15, -0.1) is 0 Å². The second kappa shape index (κ2) is 3.27. The number of aromatic nitrogens is 1. The Balaban J connectivity index is 2.82. The van der Waals surface area contributed by atoms with Crippen LogP contribution in [0.4, 0.5) is 0 Å². The van der Waals surface area contributed by atoms with Crippen LogP contribution < -0.4 is 5.73 Å². The van der Waals surface area contributed by atoms with E-state index in [1.165, 1.54) is 0 Å². The van der Waals surface area contributed by atoms with Crippen molar-refractivity contribution in [3.63, 3.8) is 0 Å². The molecular formula is C11H12N2O. The van der Waals surface area contributed by atoms with Crippen LogP contribution in [0.15, 0.2) is 30.5 Å². The van der Waals surface area contributed by atoms with Gasteiger partial charge in [0.1, 0.15) is 11.3 Å². The molecule has 14 heavy (non-hydrogen) atoms. The molecule has 2 aromatic rings. The lowest BCUT2D eigenvalue weighted by atomic mass is 10.0. The van der Waals surface area contributed by atoms with Crippen LogP contribution in [0.5, 0.6) is 5.75 Å². The summed E-state index contributed by atoms with van der Waals surface area (Å²) in [6, 6.07) is 7.18. The van der Waals surface area contributed by atoms with Gasteiger partial charge < -0.3 is 10.8 Å². The summed E-state index contributed by atoms with van der Waals surface area (Å²) in [4.78, 5) is 4.12. The maximum absolute atomic E-state index is 9.57. The lowest BCUT2D eigenvalue weighted by Gasteiger charge is -2.09. The van der Waals surface area contributed by atoms with E-state index in [0.717, 1.165) is 10.9 Å². The molecule has 0 aliphatic carbocycles. The Hall–Kier alpha value is -1.61. The van der Waals surface area contributed by atoms with Gasteiger partial charge in [-0.2, -0.15) is 0 Å². The molecule has 1 aromatic carbocycles. The molecule has 1 atom stereocenters. The van der Waals surface area contributed by atoms with Gasteiger partial charge in [-0.25, -0.2) is 0 Å². The van der Waals surface area contributed by atoms with Crippen molar-refractivity contribution >= 4 is 10.9 Å². The van der Waals surface area contributed by atoms with Crippen molar-refractivity contribution in [2.45, 2.75) is 13.0 Å². The van der Waals surface area contributed by atoms with Crippen molar-refractivity contribution in [1.82, 2.24) is 4.98 Å². The minimum atomic E-state index is -0.0534. The van der Waals surface area contributed by atoms with E-state index in [1.807, 2.05) is 25.1 Å². The van der Waals surface area contributed by atoms with E-state index in [9.17, 15) is 5.11 Å². The molecule has 3 nitrogen and oxygen atoms in total. The van der Waals surface area contributed by atoms with E-state index in [2.05, 4.69) is 4.98 Å². The molecule has 3 N–H and O–H groups in total. The standard InChI is InChI=1S/C11H12N2O/c1-7(12)8-4-5-10(14)11-9(8)3-2-6-13-11/h2-7,14H,12H2,1H3. The molecule has 0 radical (unpaired) electrons. The number of hydrogen-bond donors (Lipinski definition) is 2. The summed E-state index contributed by atoms with van der Waals surface area (Å²) >= 11 is 0. The Morgan fingerprint density at radius 3 is 2.86 bits per heavy atom. The zero-order valence-electron chi connectivity index (χ0n) is 7.94. The van der Waals surface area contributed by atoms with Crippen LogP contribution in [0.2, 0.25) is 0 Å². The van der Waals surface area contributed by atoms with E-state index in [-0.39, 0.29) is 11.8 Å². The summed E-state index contributed by atoms with van der Waals surface area (Å²) in [6.45, 7) is 1.92. The molecule has 0 fully saturated rings. The summed E-state index contributed by atoms with van der Waals surface area (Å²) in [5.74, 6) is 0.199. The average Bonchev–Trinajstić information content (AvgIpc) is 2.18. The van der Waals surface area contributed by atoms with Gasteiger partial charge >= 0.3 is 0 Å². The number of pyridine rings is 1. The maximum Gasteiger partial charge on any atom is 0.141 e. The molecule has 72 valence electrons. The van der Waals surface area contributed by atoms with Crippen LogP contribution >= 0.6 is 0 Å². The fraction of sp³-hybridized carbons (Fsp3) is 0.182.